The molecule has 0 bridgehead atoms. The molecular formula is C11H13FO5. The number of halogens is 1. The van der Waals surface area contributed by atoms with Crippen LogP contribution in [0.15, 0.2) is 18.2 Å². The van der Waals surface area contributed by atoms with Crippen LogP contribution < -0.4 is 9.47 Å². The van der Waals surface area contributed by atoms with Gasteiger partial charge in [-0.1, -0.05) is 6.07 Å². The van der Waals surface area contributed by atoms with E-state index in [4.69, 9.17) is 14.6 Å². The molecule has 17 heavy (non-hydrogen) atoms. The average Bonchev–Trinajstić information content (AvgIpc) is 2.35. The molecule has 0 aliphatic rings. The van der Waals surface area contributed by atoms with Gasteiger partial charge in [-0.25, -0.2) is 9.18 Å². The Morgan fingerprint density at radius 1 is 1.29 bits per heavy atom. The molecule has 0 radical (unpaired) electrons. The summed E-state index contributed by atoms with van der Waals surface area (Å²) in [7, 11) is 2.82. The number of ether oxygens (including phenoxy) is 2. The van der Waals surface area contributed by atoms with Crippen LogP contribution >= 0.6 is 0 Å². The molecule has 0 aliphatic carbocycles. The first kappa shape index (κ1) is 13.2. The van der Waals surface area contributed by atoms with Crippen LogP contribution in [0, 0.1) is 0 Å². The highest BCUT2D eigenvalue weighted by atomic mass is 19.1. The highest BCUT2D eigenvalue weighted by molar-refractivity contribution is 5.73. The number of alkyl halides is 1. The lowest BCUT2D eigenvalue weighted by Gasteiger charge is -2.15. The Kier molecular flexibility index (Phi) is 4.28. The summed E-state index contributed by atoms with van der Waals surface area (Å²) in [5, 5.41) is 17.9. The monoisotopic (exact) mass is 244 g/mol. The van der Waals surface area contributed by atoms with Crippen molar-refractivity contribution in [3.63, 3.8) is 0 Å². The summed E-state index contributed by atoms with van der Waals surface area (Å²) < 4.78 is 23.0. The molecule has 2 unspecified atom stereocenters. The standard InChI is InChI=1S/C11H13FO5/c1-16-7-4-3-6(5-8(7)17-2)10(13)9(12)11(14)15/h3-5,9-10,13H,1-2H3,(H,14,15). The predicted octanol–water partition coefficient (Wildman–Crippen LogP) is 1.16. The van der Waals surface area contributed by atoms with E-state index in [9.17, 15) is 14.3 Å². The first-order valence-electron chi connectivity index (χ1n) is 4.78. The fraction of sp³-hybridized carbons (Fsp3) is 0.364. The van der Waals surface area contributed by atoms with Gasteiger partial charge in [-0.05, 0) is 17.7 Å². The fourth-order valence-corrected chi connectivity index (χ4v) is 1.34. The van der Waals surface area contributed by atoms with Crippen molar-refractivity contribution in [1.82, 2.24) is 0 Å². The quantitative estimate of drug-likeness (QED) is 0.812. The molecule has 2 atom stereocenters. The number of methoxy groups -OCH3 is 2. The summed E-state index contributed by atoms with van der Waals surface area (Å²) in [4.78, 5) is 10.4. The smallest absolute Gasteiger partial charge is 0.341 e. The molecule has 0 fully saturated rings. The normalized spacial score (nSPS) is 13.9. The van der Waals surface area contributed by atoms with Crippen LogP contribution in [-0.4, -0.2) is 36.6 Å². The van der Waals surface area contributed by atoms with Crippen LogP contribution in [0.1, 0.15) is 11.7 Å². The van der Waals surface area contributed by atoms with Crippen LogP contribution in [0.2, 0.25) is 0 Å². The Morgan fingerprint density at radius 3 is 2.35 bits per heavy atom. The van der Waals surface area contributed by atoms with E-state index < -0.39 is 18.2 Å². The lowest BCUT2D eigenvalue weighted by molar-refractivity contribution is -0.147. The summed E-state index contributed by atoms with van der Waals surface area (Å²) in [6.07, 6.45) is -4.12. The Hall–Kier alpha value is -1.82. The summed E-state index contributed by atoms with van der Waals surface area (Å²) in [6.45, 7) is 0. The number of aliphatic carboxylic acids is 1. The van der Waals surface area contributed by atoms with Gasteiger partial charge in [0.15, 0.2) is 11.5 Å². The van der Waals surface area contributed by atoms with E-state index in [1.807, 2.05) is 0 Å². The Balaban J connectivity index is 3.03. The molecule has 0 saturated heterocycles. The topological polar surface area (TPSA) is 76.0 Å². The lowest BCUT2D eigenvalue weighted by atomic mass is 10.0. The van der Waals surface area contributed by atoms with Crippen LogP contribution in [0.25, 0.3) is 0 Å². The van der Waals surface area contributed by atoms with E-state index >= 15 is 0 Å². The second-order valence-electron chi connectivity index (χ2n) is 3.30. The summed E-state index contributed by atoms with van der Waals surface area (Å²) in [5.74, 6) is -1.01. The Morgan fingerprint density at radius 2 is 1.88 bits per heavy atom. The summed E-state index contributed by atoms with van der Waals surface area (Å²) >= 11 is 0. The third-order valence-electron chi connectivity index (χ3n) is 2.26. The number of hydrogen-bond donors (Lipinski definition) is 2. The molecule has 0 heterocycles. The Bertz CT molecular complexity index is 407. The second kappa shape index (κ2) is 5.49. The first-order chi connectivity index (χ1) is 8.01. The predicted molar refractivity (Wildman–Crippen MR) is 57.0 cm³/mol. The van der Waals surface area contributed by atoms with Crippen molar-refractivity contribution >= 4 is 5.97 Å². The van der Waals surface area contributed by atoms with E-state index in [0.29, 0.717) is 11.5 Å². The van der Waals surface area contributed by atoms with Crippen LogP contribution in [0.5, 0.6) is 11.5 Å². The largest absolute Gasteiger partial charge is 0.493 e. The van der Waals surface area contributed by atoms with Gasteiger partial charge >= 0.3 is 5.97 Å². The number of aliphatic hydroxyl groups is 1. The van der Waals surface area contributed by atoms with Crippen molar-refractivity contribution < 1.29 is 28.9 Å². The van der Waals surface area contributed by atoms with Gasteiger partial charge in [0.2, 0.25) is 6.17 Å². The zero-order valence-corrected chi connectivity index (χ0v) is 9.38. The highest BCUT2D eigenvalue weighted by Crippen LogP contribution is 2.31. The van der Waals surface area contributed by atoms with Gasteiger partial charge in [0.05, 0.1) is 14.2 Å². The van der Waals surface area contributed by atoms with Crippen molar-refractivity contribution in [3.05, 3.63) is 23.8 Å². The van der Waals surface area contributed by atoms with Gasteiger partial charge in [0.25, 0.3) is 0 Å². The molecule has 5 nitrogen and oxygen atoms in total. The third kappa shape index (κ3) is 2.85. The fourth-order valence-electron chi connectivity index (χ4n) is 1.34. The van der Waals surface area contributed by atoms with Crippen molar-refractivity contribution in [3.8, 4) is 11.5 Å². The molecule has 1 rings (SSSR count). The van der Waals surface area contributed by atoms with Crippen LogP contribution in [0.4, 0.5) is 4.39 Å². The second-order valence-corrected chi connectivity index (χ2v) is 3.30. The number of aliphatic hydroxyl groups excluding tert-OH is 1. The number of carbonyl (C=O) groups is 1. The van der Waals surface area contributed by atoms with Gasteiger partial charge in [-0.15, -0.1) is 0 Å². The number of rotatable bonds is 5. The van der Waals surface area contributed by atoms with Crippen LogP contribution in [0.3, 0.4) is 0 Å². The molecule has 0 saturated carbocycles. The van der Waals surface area contributed by atoms with E-state index in [1.54, 1.807) is 0 Å². The first-order valence-corrected chi connectivity index (χ1v) is 4.78. The highest BCUT2D eigenvalue weighted by Gasteiger charge is 2.27. The number of hydrogen-bond acceptors (Lipinski definition) is 4. The van der Waals surface area contributed by atoms with Gasteiger partial charge in [-0.2, -0.15) is 0 Å². The minimum absolute atomic E-state index is 0.109. The average molecular weight is 244 g/mol. The molecule has 1 aromatic rings. The van der Waals surface area contributed by atoms with E-state index in [2.05, 4.69) is 0 Å². The molecule has 0 spiro atoms. The third-order valence-corrected chi connectivity index (χ3v) is 2.26. The SMILES string of the molecule is COc1ccc(C(O)C(F)C(=O)O)cc1OC. The van der Waals surface area contributed by atoms with Crippen molar-refractivity contribution in [1.29, 1.82) is 0 Å². The minimum atomic E-state index is -2.38. The van der Waals surface area contributed by atoms with Crippen molar-refractivity contribution in [2.45, 2.75) is 12.3 Å². The van der Waals surface area contributed by atoms with Crippen LogP contribution in [-0.2, 0) is 4.79 Å². The Labute approximate surface area is 97.4 Å². The number of carboxylic acid groups (broad SMARTS) is 1. The molecule has 0 amide bonds. The summed E-state index contributed by atoms with van der Waals surface area (Å²) in [5.41, 5.74) is 0.109. The number of benzene rings is 1. The lowest BCUT2D eigenvalue weighted by Crippen LogP contribution is -2.23. The zero-order valence-electron chi connectivity index (χ0n) is 9.38. The van der Waals surface area contributed by atoms with E-state index in [1.165, 1.54) is 32.4 Å². The van der Waals surface area contributed by atoms with Gasteiger partial charge in [0.1, 0.15) is 6.10 Å². The molecule has 94 valence electrons. The maximum absolute atomic E-state index is 13.1. The van der Waals surface area contributed by atoms with E-state index in [-0.39, 0.29) is 5.56 Å². The molecule has 1 aromatic carbocycles. The molecular weight excluding hydrogens is 231 g/mol. The van der Waals surface area contributed by atoms with Crippen molar-refractivity contribution in [2.24, 2.45) is 0 Å². The van der Waals surface area contributed by atoms with Gasteiger partial charge < -0.3 is 19.7 Å². The van der Waals surface area contributed by atoms with Gasteiger partial charge in [-0.3, -0.25) is 0 Å². The maximum Gasteiger partial charge on any atom is 0.341 e. The zero-order chi connectivity index (χ0) is 13.0. The van der Waals surface area contributed by atoms with Crippen molar-refractivity contribution in [2.75, 3.05) is 14.2 Å². The molecule has 0 aliphatic heterocycles. The molecule has 6 heteroatoms. The molecule has 0 aromatic heterocycles. The summed E-state index contributed by atoms with van der Waals surface area (Å²) in [6, 6.07) is 4.17. The molecule has 2 N–H and O–H groups in total. The minimum Gasteiger partial charge on any atom is -0.493 e. The maximum atomic E-state index is 13.1. The number of carboxylic acids is 1. The van der Waals surface area contributed by atoms with Gasteiger partial charge in [0, 0.05) is 0 Å². The van der Waals surface area contributed by atoms with E-state index in [0.717, 1.165) is 0 Å².